The molecule has 4 rings (SSSR count). The summed E-state index contributed by atoms with van der Waals surface area (Å²) in [5.41, 5.74) is 4.20. The molecule has 0 atom stereocenters. The molecule has 22 heavy (non-hydrogen) atoms. The first kappa shape index (κ1) is 12.8. The van der Waals surface area contributed by atoms with Gasteiger partial charge in [-0.25, -0.2) is 4.68 Å². The van der Waals surface area contributed by atoms with Gasteiger partial charge in [-0.1, -0.05) is 47.7 Å². The average Bonchev–Trinajstić information content (AvgIpc) is 3.13. The van der Waals surface area contributed by atoms with Crippen molar-refractivity contribution >= 4 is 11.0 Å². The zero-order valence-electron chi connectivity index (χ0n) is 12.2. The number of benzene rings is 2. The van der Waals surface area contributed by atoms with E-state index in [1.807, 2.05) is 54.1 Å². The molecule has 0 saturated heterocycles. The van der Waals surface area contributed by atoms with E-state index < -0.39 is 0 Å². The van der Waals surface area contributed by atoms with Gasteiger partial charge in [-0.15, -0.1) is 5.10 Å². The molecule has 0 N–H and O–H groups in total. The Morgan fingerprint density at radius 3 is 2.64 bits per heavy atom. The van der Waals surface area contributed by atoms with Crippen LogP contribution in [0.2, 0.25) is 0 Å². The van der Waals surface area contributed by atoms with Gasteiger partial charge in [0, 0.05) is 5.56 Å². The molecule has 108 valence electrons. The Bertz CT molecular complexity index is 922. The summed E-state index contributed by atoms with van der Waals surface area (Å²) in [7, 11) is 0. The SMILES string of the molecule is Cc1oc(Cn2nnc3ccccc32)cc1-c1ccccc1. The lowest BCUT2D eigenvalue weighted by molar-refractivity contribution is 0.460. The van der Waals surface area contributed by atoms with Gasteiger partial charge < -0.3 is 4.42 Å². The second kappa shape index (κ2) is 5.15. The van der Waals surface area contributed by atoms with E-state index in [1.54, 1.807) is 0 Å². The summed E-state index contributed by atoms with van der Waals surface area (Å²) in [5.74, 6) is 1.80. The summed E-state index contributed by atoms with van der Waals surface area (Å²) < 4.78 is 7.77. The van der Waals surface area contributed by atoms with Gasteiger partial charge in [0.2, 0.25) is 0 Å². The van der Waals surface area contributed by atoms with Crippen LogP contribution in [0.15, 0.2) is 65.1 Å². The molecule has 2 aromatic carbocycles. The maximum absolute atomic E-state index is 5.90. The topological polar surface area (TPSA) is 43.9 Å². The lowest BCUT2D eigenvalue weighted by atomic mass is 10.1. The standard InChI is InChI=1S/C18H15N3O/c1-13-16(14-7-3-2-4-8-14)11-15(22-13)12-21-18-10-6-5-9-17(18)19-20-21/h2-11H,12H2,1H3. The predicted octanol–water partition coefficient (Wildman–Crippen LogP) is 4.05. The van der Waals surface area contributed by atoms with Crippen molar-refractivity contribution in [1.29, 1.82) is 0 Å². The lowest BCUT2D eigenvalue weighted by Gasteiger charge is -1.98. The largest absolute Gasteiger partial charge is 0.464 e. The van der Waals surface area contributed by atoms with Crippen molar-refractivity contribution in [2.75, 3.05) is 0 Å². The Labute approximate surface area is 128 Å². The number of nitrogens with zero attached hydrogens (tertiary/aromatic N) is 3. The van der Waals surface area contributed by atoms with E-state index in [4.69, 9.17) is 4.42 Å². The van der Waals surface area contributed by atoms with E-state index in [0.717, 1.165) is 28.1 Å². The first-order valence-electron chi connectivity index (χ1n) is 7.24. The van der Waals surface area contributed by atoms with Crippen LogP contribution in [0.5, 0.6) is 0 Å². The molecule has 0 aliphatic heterocycles. The van der Waals surface area contributed by atoms with Crippen LogP contribution >= 0.6 is 0 Å². The Morgan fingerprint density at radius 2 is 1.77 bits per heavy atom. The van der Waals surface area contributed by atoms with Crippen LogP contribution < -0.4 is 0 Å². The van der Waals surface area contributed by atoms with Crippen LogP contribution in [0, 0.1) is 6.92 Å². The van der Waals surface area contributed by atoms with E-state index in [2.05, 4.69) is 28.5 Å². The van der Waals surface area contributed by atoms with Gasteiger partial charge in [0.1, 0.15) is 23.6 Å². The fourth-order valence-corrected chi connectivity index (χ4v) is 2.71. The van der Waals surface area contributed by atoms with Gasteiger partial charge in [0.05, 0.1) is 5.52 Å². The summed E-state index contributed by atoms with van der Waals surface area (Å²) >= 11 is 0. The summed E-state index contributed by atoms with van der Waals surface area (Å²) in [4.78, 5) is 0. The number of fused-ring (bicyclic) bond motifs is 1. The molecular formula is C18H15N3O. The Balaban J connectivity index is 1.70. The van der Waals surface area contributed by atoms with E-state index in [1.165, 1.54) is 5.56 Å². The second-order valence-corrected chi connectivity index (χ2v) is 5.28. The van der Waals surface area contributed by atoms with E-state index in [0.29, 0.717) is 6.54 Å². The number of para-hydroxylation sites is 1. The molecular weight excluding hydrogens is 274 g/mol. The van der Waals surface area contributed by atoms with E-state index in [9.17, 15) is 0 Å². The average molecular weight is 289 g/mol. The highest BCUT2D eigenvalue weighted by atomic mass is 16.3. The first-order valence-corrected chi connectivity index (χ1v) is 7.24. The molecule has 0 unspecified atom stereocenters. The van der Waals surface area contributed by atoms with E-state index in [-0.39, 0.29) is 0 Å². The minimum Gasteiger partial charge on any atom is -0.464 e. The molecule has 2 heterocycles. The molecule has 4 aromatic rings. The molecule has 0 radical (unpaired) electrons. The Hall–Kier alpha value is -2.88. The predicted molar refractivity (Wildman–Crippen MR) is 85.5 cm³/mol. The molecule has 0 spiro atoms. The van der Waals surface area contributed by atoms with Crippen LogP contribution in [-0.2, 0) is 6.54 Å². The third-order valence-corrected chi connectivity index (χ3v) is 3.78. The fourth-order valence-electron chi connectivity index (χ4n) is 2.71. The van der Waals surface area contributed by atoms with Crippen molar-refractivity contribution in [2.45, 2.75) is 13.5 Å². The summed E-state index contributed by atoms with van der Waals surface area (Å²) in [5, 5.41) is 8.38. The normalized spacial score (nSPS) is 11.1. The summed E-state index contributed by atoms with van der Waals surface area (Å²) in [6.45, 7) is 2.57. The number of aromatic nitrogens is 3. The maximum Gasteiger partial charge on any atom is 0.126 e. The zero-order chi connectivity index (χ0) is 14.9. The van der Waals surface area contributed by atoms with Crippen molar-refractivity contribution in [1.82, 2.24) is 15.0 Å². The van der Waals surface area contributed by atoms with Crippen LogP contribution in [-0.4, -0.2) is 15.0 Å². The summed E-state index contributed by atoms with van der Waals surface area (Å²) in [6.07, 6.45) is 0. The molecule has 0 fully saturated rings. The monoisotopic (exact) mass is 289 g/mol. The van der Waals surface area contributed by atoms with Crippen LogP contribution in [0.4, 0.5) is 0 Å². The van der Waals surface area contributed by atoms with Crippen molar-refractivity contribution in [2.24, 2.45) is 0 Å². The number of aryl methyl sites for hydroxylation is 1. The Kier molecular flexibility index (Phi) is 3.00. The smallest absolute Gasteiger partial charge is 0.126 e. The second-order valence-electron chi connectivity index (χ2n) is 5.28. The van der Waals surface area contributed by atoms with Gasteiger partial charge in [-0.3, -0.25) is 0 Å². The van der Waals surface area contributed by atoms with Crippen molar-refractivity contribution in [3.05, 3.63) is 72.2 Å². The van der Waals surface area contributed by atoms with Crippen LogP contribution in [0.3, 0.4) is 0 Å². The third-order valence-electron chi connectivity index (χ3n) is 3.78. The molecule has 4 heteroatoms. The highest BCUT2D eigenvalue weighted by molar-refractivity contribution is 5.74. The lowest BCUT2D eigenvalue weighted by Crippen LogP contribution is -2.00. The maximum atomic E-state index is 5.90. The van der Waals surface area contributed by atoms with Gasteiger partial charge in [0.25, 0.3) is 0 Å². The molecule has 0 saturated carbocycles. The number of furan rings is 1. The highest BCUT2D eigenvalue weighted by Gasteiger charge is 2.11. The minimum atomic E-state index is 0.578. The van der Waals surface area contributed by atoms with Crippen LogP contribution in [0.1, 0.15) is 11.5 Å². The molecule has 2 aromatic heterocycles. The quantitative estimate of drug-likeness (QED) is 0.571. The third kappa shape index (κ3) is 2.19. The van der Waals surface area contributed by atoms with Gasteiger partial charge >= 0.3 is 0 Å². The number of hydrogen-bond acceptors (Lipinski definition) is 3. The van der Waals surface area contributed by atoms with Crippen molar-refractivity contribution in [3.8, 4) is 11.1 Å². The molecule has 0 aliphatic rings. The van der Waals surface area contributed by atoms with Gasteiger partial charge in [0.15, 0.2) is 0 Å². The minimum absolute atomic E-state index is 0.578. The van der Waals surface area contributed by atoms with E-state index >= 15 is 0 Å². The summed E-state index contributed by atoms with van der Waals surface area (Å²) in [6, 6.07) is 20.3. The molecule has 4 nitrogen and oxygen atoms in total. The molecule has 0 amide bonds. The molecule has 0 aliphatic carbocycles. The highest BCUT2D eigenvalue weighted by Crippen LogP contribution is 2.27. The van der Waals surface area contributed by atoms with Crippen molar-refractivity contribution in [3.63, 3.8) is 0 Å². The first-order chi connectivity index (χ1) is 10.8. The Morgan fingerprint density at radius 1 is 1.00 bits per heavy atom. The number of hydrogen-bond donors (Lipinski definition) is 0. The van der Waals surface area contributed by atoms with Crippen molar-refractivity contribution < 1.29 is 4.42 Å². The molecule has 0 bridgehead atoms. The van der Waals surface area contributed by atoms with Gasteiger partial charge in [-0.2, -0.15) is 0 Å². The number of rotatable bonds is 3. The van der Waals surface area contributed by atoms with Crippen LogP contribution in [0.25, 0.3) is 22.2 Å². The fraction of sp³-hybridized carbons (Fsp3) is 0.111. The zero-order valence-corrected chi connectivity index (χ0v) is 12.2. The van der Waals surface area contributed by atoms with Gasteiger partial charge in [-0.05, 0) is 30.7 Å².